The minimum atomic E-state index is -1.02. The highest BCUT2D eigenvalue weighted by molar-refractivity contribution is 14.1. The SMILES string of the molecule is CCC(O)(Cc1ccc(I)cc1)c1cccc(F)c1. The Bertz CT molecular complexity index is 553. The molecule has 0 aromatic heterocycles. The van der Waals surface area contributed by atoms with Crippen LogP contribution in [0.3, 0.4) is 0 Å². The first-order valence-electron chi connectivity index (χ1n) is 6.26. The van der Waals surface area contributed by atoms with E-state index in [1.165, 1.54) is 12.1 Å². The lowest BCUT2D eigenvalue weighted by molar-refractivity contribution is 0.0324. The quantitative estimate of drug-likeness (QED) is 0.797. The van der Waals surface area contributed by atoms with Crippen molar-refractivity contribution in [2.75, 3.05) is 0 Å². The molecule has 0 aliphatic heterocycles. The van der Waals surface area contributed by atoms with Gasteiger partial charge in [0, 0.05) is 9.99 Å². The Morgan fingerprint density at radius 3 is 2.42 bits per heavy atom. The number of hydrogen-bond donors (Lipinski definition) is 1. The summed E-state index contributed by atoms with van der Waals surface area (Å²) in [6.45, 7) is 1.91. The molecule has 0 amide bonds. The second-order valence-electron chi connectivity index (χ2n) is 4.70. The number of halogens is 2. The van der Waals surface area contributed by atoms with Gasteiger partial charge in [-0.15, -0.1) is 0 Å². The van der Waals surface area contributed by atoms with E-state index in [1.54, 1.807) is 12.1 Å². The molecule has 19 heavy (non-hydrogen) atoms. The summed E-state index contributed by atoms with van der Waals surface area (Å²) in [6.07, 6.45) is 1.03. The van der Waals surface area contributed by atoms with Crippen LogP contribution < -0.4 is 0 Å². The third-order valence-electron chi connectivity index (χ3n) is 3.36. The Morgan fingerprint density at radius 2 is 1.84 bits per heavy atom. The van der Waals surface area contributed by atoms with E-state index >= 15 is 0 Å². The zero-order valence-electron chi connectivity index (χ0n) is 10.7. The van der Waals surface area contributed by atoms with Crippen molar-refractivity contribution < 1.29 is 9.50 Å². The summed E-state index contributed by atoms with van der Waals surface area (Å²) < 4.78 is 14.5. The van der Waals surface area contributed by atoms with Gasteiger partial charge >= 0.3 is 0 Å². The molecule has 2 aromatic rings. The fourth-order valence-corrected chi connectivity index (χ4v) is 2.51. The van der Waals surface area contributed by atoms with Crippen molar-refractivity contribution in [3.8, 4) is 0 Å². The van der Waals surface area contributed by atoms with Crippen LogP contribution in [-0.4, -0.2) is 5.11 Å². The van der Waals surface area contributed by atoms with Crippen molar-refractivity contribution in [3.63, 3.8) is 0 Å². The Morgan fingerprint density at radius 1 is 1.16 bits per heavy atom. The van der Waals surface area contributed by atoms with Gasteiger partial charge in [0.1, 0.15) is 5.82 Å². The van der Waals surface area contributed by atoms with E-state index in [1.807, 2.05) is 31.2 Å². The molecule has 0 fully saturated rings. The standard InChI is InChI=1S/C16H16FIO/c1-2-16(19,13-4-3-5-14(17)10-13)11-12-6-8-15(18)9-7-12/h3-10,19H,2,11H2,1H3. The molecule has 0 saturated carbocycles. The molecule has 0 heterocycles. The number of rotatable bonds is 4. The summed E-state index contributed by atoms with van der Waals surface area (Å²) in [7, 11) is 0. The zero-order valence-corrected chi connectivity index (χ0v) is 12.9. The lowest BCUT2D eigenvalue weighted by Crippen LogP contribution is -2.27. The van der Waals surface area contributed by atoms with Gasteiger partial charge in [-0.05, 0) is 64.4 Å². The number of hydrogen-bond acceptors (Lipinski definition) is 1. The maximum atomic E-state index is 13.3. The summed E-state index contributed by atoms with van der Waals surface area (Å²) in [5.41, 5.74) is 0.664. The van der Waals surface area contributed by atoms with Gasteiger partial charge in [0.2, 0.25) is 0 Å². The molecule has 2 rings (SSSR count). The highest BCUT2D eigenvalue weighted by atomic mass is 127. The zero-order chi connectivity index (χ0) is 13.9. The van der Waals surface area contributed by atoms with Crippen molar-refractivity contribution >= 4 is 22.6 Å². The molecule has 0 bridgehead atoms. The predicted molar refractivity (Wildman–Crippen MR) is 83.5 cm³/mol. The molecule has 1 unspecified atom stereocenters. The first-order valence-corrected chi connectivity index (χ1v) is 7.34. The Labute approximate surface area is 126 Å². The van der Waals surface area contributed by atoms with Gasteiger partial charge in [-0.2, -0.15) is 0 Å². The van der Waals surface area contributed by atoms with Gasteiger partial charge in [-0.3, -0.25) is 0 Å². The van der Waals surface area contributed by atoms with Gasteiger partial charge in [-0.1, -0.05) is 31.2 Å². The van der Waals surface area contributed by atoms with Gasteiger partial charge in [0.05, 0.1) is 5.60 Å². The lowest BCUT2D eigenvalue weighted by atomic mass is 9.85. The largest absolute Gasteiger partial charge is 0.385 e. The molecule has 1 N–H and O–H groups in total. The summed E-state index contributed by atoms with van der Waals surface area (Å²) in [4.78, 5) is 0. The third kappa shape index (κ3) is 3.54. The minimum absolute atomic E-state index is 0.313. The van der Waals surface area contributed by atoms with E-state index in [2.05, 4.69) is 22.6 Å². The second-order valence-corrected chi connectivity index (χ2v) is 5.94. The van der Waals surface area contributed by atoms with Crippen LogP contribution in [0, 0.1) is 9.39 Å². The summed E-state index contributed by atoms with van der Waals surface area (Å²) >= 11 is 2.25. The van der Waals surface area contributed by atoms with Crippen molar-refractivity contribution in [2.45, 2.75) is 25.4 Å². The van der Waals surface area contributed by atoms with Crippen molar-refractivity contribution in [1.29, 1.82) is 0 Å². The average molecular weight is 370 g/mol. The van der Waals surface area contributed by atoms with Gasteiger partial charge in [0.15, 0.2) is 0 Å². The monoisotopic (exact) mass is 370 g/mol. The molecule has 100 valence electrons. The summed E-state index contributed by atoms with van der Waals surface area (Å²) in [5, 5.41) is 10.8. The molecule has 0 saturated heterocycles. The van der Waals surface area contributed by atoms with Crippen molar-refractivity contribution in [1.82, 2.24) is 0 Å². The van der Waals surface area contributed by atoms with E-state index in [0.29, 0.717) is 18.4 Å². The fraction of sp³-hybridized carbons (Fsp3) is 0.250. The molecular weight excluding hydrogens is 354 g/mol. The molecule has 3 heteroatoms. The highest BCUT2D eigenvalue weighted by Gasteiger charge is 2.27. The Balaban J connectivity index is 2.30. The highest BCUT2D eigenvalue weighted by Crippen LogP contribution is 2.29. The first kappa shape index (κ1) is 14.5. The maximum absolute atomic E-state index is 13.3. The molecule has 1 atom stereocenters. The van der Waals surface area contributed by atoms with E-state index in [0.717, 1.165) is 9.13 Å². The lowest BCUT2D eigenvalue weighted by Gasteiger charge is -2.27. The Kier molecular flexibility index (Phi) is 4.58. The third-order valence-corrected chi connectivity index (χ3v) is 4.08. The van der Waals surface area contributed by atoms with Gasteiger partial charge < -0.3 is 5.11 Å². The van der Waals surface area contributed by atoms with Gasteiger partial charge in [0.25, 0.3) is 0 Å². The summed E-state index contributed by atoms with van der Waals surface area (Å²) in [6, 6.07) is 14.2. The van der Waals surface area contributed by atoms with Crippen LogP contribution in [0.4, 0.5) is 4.39 Å². The van der Waals surface area contributed by atoms with Crippen molar-refractivity contribution in [2.24, 2.45) is 0 Å². The maximum Gasteiger partial charge on any atom is 0.123 e. The summed E-state index contributed by atoms with van der Waals surface area (Å²) in [5.74, 6) is -0.313. The fourth-order valence-electron chi connectivity index (χ4n) is 2.15. The van der Waals surface area contributed by atoms with Crippen molar-refractivity contribution in [3.05, 3.63) is 69.0 Å². The minimum Gasteiger partial charge on any atom is -0.385 e. The van der Waals surface area contributed by atoms with E-state index in [9.17, 15) is 9.50 Å². The van der Waals surface area contributed by atoms with Crippen LogP contribution in [0.2, 0.25) is 0 Å². The number of aliphatic hydroxyl groups is 1. The molecule has 0 aliphatic rings. The molecule has 1 nitrogen and oxygen atoms in total. The van der Waals surface area contributed by atoms with E-state index in [4.69, 9.17) is 0 Å². The van der Waals surface area contributed by atoms with Crippen LogP contribution in [0.25, 0.3) is 0 Å². The molecule has 0 aliphatic carbocycles. The van der Waals surface area contributed by atoms with E-state index in [-0.39, 0.29) is 5.82 Å². The normalized spacial score (nSPS) is 14.1. The van der Waals surface area contributed by atoms with E-state index < -0.39 is 5.60 Å². The molecule has 2 aromatic carbocycles. The van der Waals surface area contributed by atoms with Crippen LogP contribution in [-0.2, 0) is 12.0 Å². The molecule has 0 radical (unpaired) electrons. The first-order chi connectivity index (χ1) is 9.03. The van der Waals surface area contributed by atoms with Crippen LogP contribution >= 0.6 is 22.6 Å². The smallest absolute Gasteiger partial charge is 0.123 e. The predicted octanol–water partition coefficient (Wildman–Crippen LogP) is 4.27. The van der Waals surface area contributed by atoms with Crippen LogP contribution in [0.15, 0.2) is 48.5 Å². The molecular formula is C16H16FIO. The average Bonchev–Trinajstić information content (AvgIpc) is 2.41. The van der Waals surface area contributed by atoms with Crippen LogP contribution in [0.1, 0.15) is 24.5 Å². The second kappa shape index (κ2) is 6.01. The van der Waals surface area contributed by atoms with Gasteiger partial charge in [-0.25, -0.2) is 4.39 Å². The topological polar surface area (TPSA) is 20.2 Å². The van der Waals surface area contributed by atoms with Crippen LogP contribution in [0.5, 0.6) is 0 Å². The number of benzene rings is 2. The Hall–Kier alpha value is -0.940. The molecule has 0 spiro atoms.